The maximum Gasteiger partial charge on any atom is 0.272 e. The number of amides is 1. The van der Waals surface area contributed by atoms with Crippen molar-refractivity contribution in [3.63, 3.8) is 0 Å². The van der Waals surface area contributed by atoms with Gasteiger partial charge in [-0.2, -0.15) is 0 Å². The minimum Gasteiger partial charge on any atom is -0.352 e. The van der Waals surface area contributed by atoms with Gasteiger partial charge in [0.15, 0.2) is 0 Å². The highest BCUT2D eigenvalue weighted by molar-refractivity contribution is 6.76. The zero-order valence-electron chi connectivity index (χ0n) is 9.26. The van der Waals surface area contributed by atoms with Crippen molar-refractivity contribution in [3.8, 4) is 0 Å². The standard InChI is InChI=1S/C12H14Cl3NO/c13-12(14,15)11(17)16-9-5-4-8-10-6-2-1-3-7-10/h1-3,6-7H,4-5,8-9H2,(H,16,17). The molecule has 0 unspecified atom stereocenters. The lowest BCUT2D eigenvalue weighted by Crippen LogP contribution is -2.35. The summed E-state index contributed by atoms with van der Waals surface area (Å²) < 4.78 is -1.86. The molecule has 0 aliphatic carbocycles. The zero-order valence-corrected chi connectivity index (χ0v) is 11.5. The average Bonchev–Trinajstić information content (AvgIpc) is 2.28. The van der Waals surface area contributed by atoms with Crippen LogP contribution in [0, 0.1) is 0 Å². The summed E-state index contributed by atoms with van der Waals surface area (Å²) in [5.41, 5.74) is 1.29. The van der Waals surface area contributed by atoms with Gasteiger partial charge in [-0.3, -0.25) is 4.79 Å². The van der Waals surface area contributed by atoms with Crippen LogP contribution in [0.4, 0.5) is 0 Å². The summed E-state index contributed by atoms with van der Waals surface area (Å²) in [5, 5.41) is 2.57. The summed E-state index contributed by atoms with van der Waals surface area (Å²) in [5.74, 6) is -0.567. The molecule has 17 heavy (non-hydrogen) atoms. The van der Waals surface area contributed by atoms with Crippen LogP contribution in [-0.4, -0.2) is 16.2 Å². The van der Waals surface area contributed by atoms with Gasteiger partial charge in [0, 0.05) is 6.54 Å². The molecule has 5 heteroatoms. The van der Waals surface area contributed by atoms with E-state index in [1.54, 1.807) is 0 Å². The lowest BCUT2D eigenvalue weighted by Gasteiger charge is -2.10. The summed E-state index contributed by atoms with van der Waals surface area (Å²) in [4.78, 5) is 11.2. The maximum atomic E-state index is 11.2. The molecule has 0 heterocycles. The van der Waals surface area contributed by atoms with E-state index in [1.807, 2.05) is 18.2 Å². The van der Waals surface area contributed by atoms with E-state index >= 15 is 0 Å². The normalized spacial score (nSPS) is 11.2. The smallest absolute Gasteiger partial charge is 0.272 e. The van der Waals surface area contributed by atoms with Crippen molar-refractivity contribution < 1.29 is 4.79 Å². The van der Waals surface area contributed by atoms with E-state index in [-0.39, 0.29) is 0 Å². The van der Waals surface area contributed by atoms with E-state index in [4.69, 9.17) is 34.8 Å². The molecule has 1 rings (SSSR count). The summed E-state index contributed by atoms with van der Waals surface area (Å²) >= 11 is 16.2. The fourth-order valence-electron chi connectivity index (χ4n) is 1.40. The molecule has 0 aliphatic heterocycles. The van der Waals surface area contributed by atoms with Crippen LogP contribution >= 0.6 is 34.8 Å². The molecule has 0 aliphatic rings. The predicted molar refractivity (Wildman–Crippen MR) is 72.7 cm³/mol. The van der Waals surface area contributed by atoms with Gasteiger partial charge < -0.3 is 5.32 Å². The molecule has 94 valence electrons. The molecule has 0 bridgehead atoms. The monoisotopic (exact) mass is 293 g/mol. The number of halogens is 3. The number of benzene rings is 1. The number of aryl methyl sites for hydroxylation is 1. The molecular formula is C12H14Cl3NO. The minimum absolute atomic E-state index is 0.527. The van der Waals surface area contributed by atoms with E-state index in [0.717, 1.165) is 19.3 Å². The Hall–Kier alpha value is -0.440. The largest absolute Gasteiger partial charge is 0.352 e. The minimum atomic E-state index is -1.86. The number of rotatable bonds is 5. The third-order valence-electron chi connectivity index (χ3n) is 2.28. The number of unbranched alkanes of at least 4 members (excludes halogenated alkanes) is 1. The fourth-order valence-corrected chi connectivity index (χ4v) is 1.60. The maximum absolute atomic E-state index is 11.2. The van der Waals surface area contributed by atoms with E-state index in [0.29, 0.717) is 6.54 Å². The van der Waals surface area contributed by atoms with Gasteiger partial charge in [0.1, 0.15) is 0 Å². The Morgan fingerprint density at radius 3 is 2.35 bits per heavy atom. The Morgan fingerprint density at radius 2 is 1.76 bits per heavy atom. The van der Waals surface area contributed by atoms with Crippen molar-refractivity contribution >= 4 is 40.7 Å². The lowest BCUT2D eigenvalue weighted by atomic mass is 10.1. The van der Waals surface area contributed by atoms with Crippen LogP contribution in [0.15, 0.2) is 30.3 Å². The lowest BCUT2D eigenvalue weighted by molar-refractivity contribution is -0.120. The number of carbonyl (C=O) groups excluding carboxylic acids is 1. The van der Waals surface area contributed by atoms with Gasteiger partial charge in [0.25, 0.3) is 9.70 Å². The van der Waals surface area contributed by atoms with Gasteiger partial charge in [-0.15, -0.1) is 0 Å². The predicted octanol–water partition coefficient (Wildman–Crippen LogP) is 3.50. The van der Waals surface area contributed by atoms with E-state index in [2.05, 4.69) is 17.4 Å². The van der Waals surface area contributed by atoms with Gasteiger partial charge in [0.05, 0.1) is 0 Å². The van der Waals surface area contributed by atoms with E-state index in [1.165, 1.54) is 5.56 Å². The Labute approximate surface area is 116 Å². The first-order valence-electron chi connectivity index (χ1n) is 5.39. The molecule has 1 aromatic carbocycles. The van der Waals surface area contributed by atoms with Crippen LogP contribution in [0.25, 0.3) is 0 Å². The van der Waals surface area contributed by atoms with Gasteiger partial charge in [-0.05, 0) is 24.8 Å². The first-order chi connectivity index (χ1) is 8.00. The summed E-state index contributed by atoms with van der Waals surface area (Å²) in [6.07, 6.45) is 2.84. The Bertz CT molecular complexity index is 349. The van der Waals surface area contributed by atoms with Crippen LogP contribution in [0.5, 0.6) is 0 Å². The van der Waals surface area contributed by atoms with Crippen molar-refractivity contribution in [2.24, 2.45) is 0 Å². The highest BCUT2D eigenvalue weighted by Gasteiger charge is 2.29. The van der Waals surface area contributed by atoms with Crippen LogP contribution in [-0.2, 0) is 11.2 Å². The van der Waals surface area contributed by atoms with Gasteiger partial charge in [-0.1, -0.05) is 65.1 Å². The molecule has 0 radical (unpaired) electrons. The van der Waals surface area contributed by atoms with Crippen molar-refractivity contribution in [2.75, 3.05) is 6.54 Å². The second kappa shape index (κ2) is 7.10. The number of carbonyl (C=O) groups is 1. The molecule has 0 saturated heterocycles. The highest BCUT2D eigenvalue weighted by Crippen LogP contribution is 2.25. The molecule has 1 aromatic rings. The topological polar surface area (TPSA) is 29.1 Å². The van der Waals surface area contributed by atoms with Crippen LogP contribution in [0.3, 0.4) is 0 Å². The zero-order chi connectivity index (χ0) is 12.7. The Balaban J connectivity index is 2.12. The quantitative estimate of drug-likeness (QED) is 0.653. The molecule has 1 amide bonds. The Morgan fingerprint density at radius 1 is 1.12 bits per heavy atom. The number of hydrogen-bond acceptors (Lipinski definition) is 1. The SMILES string of the molecule is O=C(NCCCCc1ccccc1)C(Cl)(Cl)Cl. The number of nitrogens with one attached hydrogen (secondary N) is 1. The van der Waals surface area contributed by atoms with Crippen LogP contribution < -0.4 is 5.32 Å². The third-order valence-corrected chi connectivity index (χ3v) is 2.79. The fraction of sp³-hybridized carbons (Fsp3) is 0.417. The number of hydrogen-bond donors (Lipinski definition) is 1. The highest BCUT2D eigenvalue weighted by atomic mass is 35.6. The summed E-state index contributed by atoms with van der Waals surface area (Å²) in [7, 11) is 0. The molecule has 0 saturated carbocycles. The summed E-state index contributed by atoms with van der Waals surface area (Å²) in [6, 6.07) is 10.2. The second-order valence-electron chi connectivity index (χ2n) is 3.70. The second-order valence-corrected chi connectivity index (χ2v) is 5.98. The van der Waals surface area contributed by atoms with Crippen molar-refractivity contribution in [1.29, 1.82) is 0 Å². The third kappa shape index (κ3) is 6.16. The van der Waals surface area contributed by atoms with Crippen LogP contribution in [0.1, 0.15) is 18.4 Å². The first kappa shape index (κ1) is 14.6. The molecule has 0 fully saturated rings. The summed E-state index contributed by atoms with van der Waals surface area (Å²) in [6.45, 7) is 0.527. The van der Waals surface area contributed by atoms with Crippen molar-refractivity contribution in [1.82, 2.24) is 5.32 Å². The van der Waals surface area contributed by atoms with Crippen molar-refractivity contribution in [2.45, 2.75) is 23.1 Å². The van der Waals surface area contributed by atoms with E-state index < -0.39 is 9.70 Å². The van der Waals surface area contributed by atoms with Crippen molar-refractivity contribution in [3.05, 3.63) is 35.9 Å². The molecule has 0 atom stereocenters. The van der Waals surface area contributed by atoms with E-state index in [9.17, 15) is 4.79 Å². The molecular weight excluding hydrogens is 280 g/mol. The molecule has 0 aromatic heterocycles. The average molecular weight is 295 g/mol. The molecule has 0 spiro atoms. The number of alkyl halides is 3. The first-order valence-corrected chi connectivity index (χ1v) is 6.52. The van der Waals surface area contributed by atoms with Gasteiger partial charge in [-0.25, -0.2) is 0 Å². The molecule has 2 nitrogen and oxygen atoms in total. The van der Waals surface area contributed by atoms with Gasteiger partial charge >= 0.3 is 0 Å². The van der Waals surface area contributed by atoms with Gasteiger partial charge in [0.2, 0.25) is 0 Å². The van der Waals surface area contributed by atoms with Crippen LogP contribution in [0.2, 0.25) is 0 Å². The molecule has 1 N–H and O–H groups in total. The Kier molecular flexibility index (Phi) is 6.10.